The number of hydrogen-bond donors (Lipinski definition) is 0. The molecular weight excluding hydrogens is 196 g/mol. The number of hydrogen-bond acceptors (Lipinski definition) is 2. The average molecular weight is 209 g/mol. The van der Waals surface area contributed by atoms with Crippen molar-refractivity contribution in [1.82, 2.24) is 0 Å². The molecule has 3 heteroatoms. The Morgan fingerprint density at radius 3 is 2.70 bits per heavy atom. The molecule has 0 N–H and O–H groups in total. The van der Waals surface area contributed by atoms with E-state index in [0.717, 1.165) is 11.8 Å². The number of rotatable bonds is 5. The molecule has 0 unspecified atom stereocenters. The van der Waals surface area contributed by atoms with Gasteiger partial charge in [-0.05, 0) is 25.7 Å². The van der Waals surface area contributed by atoms with Gasteiger partial charge in [0.2, 0.25) is 0 Å². The quantitative estimate of drug-likeness (QED) is 0.299. The summed E-state index contributed by atoms with van der Waals surface area (Å²) in [7, 11) is 0. The minimum absolute atomic E-state index is 0.398. The predicted octanol–water partition coefficient (Wildman–Crippen LogP) is 2.27. The maximum absolute atomic E-state index is 5.06. The standard InChI is InChI=1S/C7H13BrO2/c8-5-2-6-9-10-7-3-1-4-7/h7H,1-6H2. The minimum Gasteiger partial charge on any atom is -0.236 e. The summed E-state index contributed by atoms with van der Waals surface area (Å²) in [6, 6.07) is 0. The van der Waals surface area contributed by atoms with Crippen LogP contribution in [0.2, 0.25) is 0 Å². The van der Waals surface area contributed by atoms with Crippen LogP contribution >= 0.6 is 15.9 Å². The van der Waals surface area contributed by atoms with Gasteiger partial charge < -0.3 is 0 Å². The zero-order chi connectivity index (χ0) is 7.23. The van der Waals surface area contributed by atoms with E-state index in [1.807, 2.05) is 0 Å². The molecule has 0 heterocycles. The average Bonchev–Trinajstić information content (AvgIpc) is 1.84. The van der Waals surface area contributed by atoms with Crippen molar-refractivity contribution < 1.29 is 9.78 Å². The van der Waals surface area contributed by atoms with E-state index in [1.54, 1.807) is 0 Å². The lowest BCUT2D eigenvalue weighted by molar-refractivity contribution is -0.336. The van der Waals surface area contributed by atoms with Crippen LogP contribution in [0, 0.1) is 0 Å². The van der Waals surface area contributed by atoms with E-state index >= 15 is 0 Å². The molecule has 0 aliphatic heterocycles. The first-order chi connectivity index (χ1) is 4.93. The lowest BCUT2D eigenvalue weighted by Gasteiger charge is -2.23. The molecule has 2 nitrogen and oxygen atoms in total. The van der Waals surface area contributed by atoms with Crippen LogP contribution < -0.4 is 0 Å². The van der Waals surface area contributed by atoms with Crippen molar-refractivity contribution >= 4 is 15.9 Å². The highest BCUT2D eigenvalue weighted by Crippen LogP contribution is 2.21. The highest BCUT2D eigenvalue weighted by molar-refractivity contribution is 9.09. The second-order valence-corrected chi connectivity index (χ2v) is 3.31. The molecule has 0 aromatic heterocycles. The summed E-state index contributed by atoms with van der Waals surface area (Å²) in [6.45, 7) is 0.710. The van der Waals surface area contributed by atoms with Gasteiger partial charge in [0.25, 0.3) is 0 Å². The van der Waals surface area contributed by atoms with E-state index in [1.165, 1.54) is 19.3 Å². The largest absolute Gasteiger partial charge is 0.236 e. The molecule has 0 radical (unpaired) electrons. The Labute approximate surface area is 69.9 Å². The lowest BCUT2D eigenvalue weighted by atomic mass is 9.97. The van der Waals surface area contributed by atoms with Gasteiger partial charge in [-0.15, -0.1) is 0 Å². The molecule has 60 valence electrons. The third kappa shape index (κ3) is 2.99. The molecule has 1 saturated carbocycles. The van der Waals surface area contributed by atoms with E-state index in [4.69, 9.17) is 9.78 Å². The maximum Gasteiger partial charge on any atom is 0.0930 e. The van der Waals surface area contributed by atoms with Crippen LogP contribution in [0.5, 0.6) is 0 Å². The van der Waals surface area contributed by atoms with Crippen molar-refractivity contribution in [2.24, 2.45) is 0 Å². The zero-order valence-corrected chi connectivity index (χ0v) is 7.60. The molecule has 0 aromatic carbocycles. The van der Waals surface area contributed by atoms with Crippen molar-refractivity contribution in [2.75, 3.05) is 11.9 Å². The van der Waals surface area contributed by atoms with Crippen LogP contribution in [-0.2, 0) is 9.78 Å². The van der Waals surface area contributed by atoms with Crippen LogP contribution in [0.4, 0.5) is 0 Å². The summed E-state index contributed by atoms with van der Waals surface area (Å²) >= 11 is 3.31. The molecule has 1 rings (SSSR count). The van der Waals surface area contributed by atoms with Crippen molar-refractivity contribution in [1.29, 1.82) is 0 Å². The van der Waals surface area contributed by atoms with Gasteiger partial charge >= 0.3 is 0 Å². The fraction of sp³-hybridized carbons (Fsp3) is 1.00. The van der Waals surface area contributed by atoms with Gasteiger partial charge in [-0.25, -0.2) is 9.78 Å². The first-order valence-corrected chi connectivity index (χ1v) is 4.90. The SMILES string of the molecule is BrCCCOOC1CCC1. The molecule has 0 amide bonds. The van der Waals surface area contributed by atoms with Gasteiger partial charge in [0, 0.05) is 5.33 Å². The highest BCUT2D eigenvalue weighted by Gasteiger charge is 2.18. The van der Waals surface area contributed by atoms with Crippen LogP contribution in [0.1, 0.15) is 25.7 Å². The van der Waals surface area contributed by atoms with Crippen molar-refractivity contribution in [2.45, 2.75) is 31.8 Å². The van der Waals surface area contributed by atoms with Crippen LogP contribution in [0.3, 0.4) is 0 Å². The predicted molar refractivity (Wildman–Crippen MR) is 43.1 cm³/mol. The van der Waals surface area contributed by atoms with E-state index in [2.05, 4.69) is 15.9 Å². The van der Waals surface area contributed by atoms with Gasteiger partial charge in [-0.3, -0.25) is 0 Å². The minimum atomic E-state index is 0.398. The van der Waals surface area contributed by atoms with Gasteiger partial charge in [0.1, 0.15) is 0 Å². The summed E-state index contributed by atoms with van der Waals surface area (Å²) in [4.78, 5) is 10.0. The molecule has 0 saturated heterocycles. The fourth-order valence-electron chi connectivity index (χ4n) is 0.725. The van der Waals surface area contributed by atoms with E-state index < -0.39 is 0 Å². The molecule has 0 atom stereocenters. The number of alkyl halides is 1. The van der Waals surface area contributed by atoms with Crippen molar-refractivity contribution in [3.8, 4) is 0 Å². The molecule has 1 aliphatic carbocycles. The summed E-state index contributed by atoms with van der Waals surface area (Å²) in [5.41, 5.74) is 0. The normalized spacial score (nSPS) is 18.9. The maximum atomic E-state index is 5.06. The lowest BCUT2D eigenvalue weighted by Crippen LogP contribution is -2.21. The summed E-state index contributed by atoms with van der Waals surface area (Å²) < 4.78 is 0. The Kier molecular flexibility index (Phi) is 4.34. The third-order valence-electron chi connectivity index (χ3n) is 1.62. The Morgan fingerprint density at radius 1 is 1.40 bits per heavy atom. The first-order valence-electron chi connectivity index (χ1n) is 3.77. The Hall–Kier alpha value is 0.400. The molecule has 0 bridgehead atoms. The molecule has 1 fully saturated rings. The van der Waals surface area contributed by atoms with Gasteiger partial charge in [0.15, 0.2) is 0 Å². The Morgan fingerprint density at radius 2 is 2.20 bits per heavy atom. The second kappa shape index (κ2) is 5.10. The van der Waals surface area contributed by atoms with E-state index in [9.17, 15) is 0 Å². The summed E-state index contributed by atoms with van der Waals surface area (Å²) in [6.07, 6.45) is 5.07. The molecule has 0 spiro atoms. The Bertz CT molecular complexity index is 83.7. The topological polar surface area (TPSA) is 18.5 Å². The summed E-state index contributed by atoms with van der Waals surface area (Å²) in [5.74, 6) is 0. The van der Waals surface area contributed by atoms with E-state index in [-0.39, 0.29) is 0 Å². The fourth-order valence-corrected chi connectivity index (χ4v) is 0.954. The van der Waals surface area contributed by atoms with E-state index in [0.29, 0.717) is 12.7 Å². The molecule has 10 heavy (non-hydrogen) atoms. The number of halogens is 1. The zero-order valence-electron chi connectivity index (χ0n) is 6.01. The van der Waals surface area contributed by atoms with Gasteiger partial charge in [-0.1, -0.05) is 15.9 Å². The first kappa shape index (κ1) is 8.50. The highest BCUT2D eigenvalue weighted by atomic mass is 79.9. The monoisotopic (exact) mass is 208 g/mol. The molecular formula is C7H13BrO2. The van der Waals surface area contributed by atoms with Crippen molar-refractivity contribution in [3.63, 3.8) is 0 Å². The smallest absolute Gasteiger partial charge is 0.0930 e. The second-order valence-electron chi connectivity index (χ2n) is 2.51. The van der Waals surface area contributed by atoms with Crippen LogP contribution in [0.25, 0.3) is 0 Å². The van der Waals surface area contributed by atoms with Crippen LogP contribution in [0.15, 0.2) is 0 Å². The molecule has 0 aromatic rings. The van der Waals surface area contributed by atoms with Crippen molar-refractivity contribution in [3.05, 3.63) is 0 Å². The van der Waals surface area contributed by atoms with Gasteiger partial charge in [-0.2, -0.15) is 0 Å². The van der Waals surface area contributed by atoms with Crippen LogP contribution in [-0.4, -0.2) is 18.0 Å². The third-order valence-corrected chi connectivity index (χ3v) is 2.18. The van der Waals surface area contributed by atoms with Gasteiger partial charge in [0.05, 0.1) is 12.7 Å². The summed E-state index contributed by atoms with van der Waals surface area (Å²) in [5, 5.41) is 0.987. The molecule has 1 aliphatic rings. The Balaban J connectivity index is 1.76.